The van der Waals surface area contributed by atoms with Crippen LogP contribution >= 0.6 is 15.9 Å². The Morgan fingerprint density at radius 1 is 0.865 bits per heavy atom. The van der Waals surface area contributed by atoms with Crippen molar-refractivity contribution in [1.82, 2.24) is 5.43 Å². The van der Waals surface area contributed by atoms with Crippen LogP contribution in [0.25, 0.3) is 0 Å². The zero-order valence-electron chi connectivity index (χ0n) is 19.2. The first-order valence-electron chi connectivity index (χ1n) is 10.9. The predicted molar refractivity (Wildman–Crippen MR) is 141 cm³/mol. The largest absolute Gasteiger partial charge is 0.489 e. The molecular formula is C27H20BrFN2O5S. The van der Waals surface area contributed by atoms with Crippen LogP contribution in [-0.2, 0) is 16.7 Å². The Bertz CT molecular complexity index is 1490. The number of hydrogen-bond donors (Lipinski definition) is 1. The van der Waals surface area contributed by atoms with Gasteiger partial charge in [-0.25, -0.2) is 9.82 Å². The summed E-state index contributed by atoms with van der Waals surface area (Å²) in [5.41, 5.74) is 4.46. The van der Waals surface area contributed by atoms with Crippen molar-refractivity contribution in [2.75, 3.05) is 0 Å². The summed E-state index contributed by atoms with van der Waals surface area (Å²) >= 11 is 3.39. The molecule has 0 atom stereocenters. The maximum Gasteiger partial charge on any atom is 0.339 e. The number of hydrogen-bond acceptors (Lipinski definition) is 6. The fourth-order valence-corrected chi connectivity index (χ4v) is 4.26. The first kappa shape index (κ1) is 26.1. The van der Waals surface area contributed by atoms with Crippen LogP contribution in [0.4, 0.5) is 4.39 Å². The lowest BCUT2D eigenvalue weighted by atomic mass is 10.2. The smallest absolute Gasteiger partial charge is 0.339 e. The molecule has 10 heteroatoms. The van der Waals surface area contributed by atoms with Crippen LogP contribution in [0.3, 0.4) is 0 Å². The van der Waals surface area contributed by atoms with E-state index in [1.54, 1.807) is 36.4 Å². The Morgan fingerprint density at radius 2 is 1.49 bits per heavy atom. The van der Waals surface area contributed by atoms with Gasteiger partial charge in [-0.3, -0.25) is 4.79 Å². The van der Waals surface area contributed by atoms with Crippen molar-refractivity contribution in [3.8, 4) is 11.5 Å². The van der Waals surface area contributed by atoms with Crippen molar-refractivity contribution in [3.05, 3.63) is 124 Å². The van der Waals surface area contributed by atoms with Crippen LogP contribution < -0.4 is 14.3 Å². The van der Waals surface area contributed by atoms with E-state index in [4.69, 9.17) is 8.92 Å². The molecule has 37 heavy (non-hydrogen) atoms. The molecule has 0 spiro atoms. The van der Waals surface area contributed by atoms with Gasteiger partial charge in [0.1, 0.15) is 28.8 Å². The van der Waals surface area contributed by atoms with E-state index in [9.17, 15) is 17.6 Å². The molecule has 0 bridgehead atoms. The summed E-state index contributed by atoms with van der Waals surface area (Å²) in [5.74, 6) is -0.242. The minimum Gasteiger partial charge on any atom is -0.489 e. The molecule has 7 nitrogen and oxygen atoms in total. The van der Waals surface area contributed by atoms with Crippen molar-refractivity contribution in [2.24, 2.45) is 5.10 Å². The third-order valence-corrected chi connectivity index (χ3v) is 6.79. The monoisotopic (exact) mass is 582 g/mol. The number of nitrogens with zero attached hydrogens (tertiary/aromatic N) is 1. The molecule has 0 aromatic heterocycles. The Labute approximate surface area is 221 Å². The maximum absolute atomic E-state index is 13.0. The topological polar surface area (TPSA) is 94.1 Å². The average molecular weight is 583 g/mol. The molecule has 0 saturated carbocycles. The molecule has 4 aromatic rings. The second-order valence-electron chi connectivity index (χ2n) is 7.70. The molecule has 1 amide bonds. The van der Waals surface area contributed by atoms with Gasteiger partial charge in [-0.1, -0.05) is 28.1 Å². The van der Waals surface area contributed by atoms with Gasteiger partial charge in [0, 0.05) is 10.0 Å². The van der Waals surface area contributed by atoms with E-state index in [0.717, 1.165) is 34.3 Å². The summed E-state index contributed by atoms with van der Waals surface area (Å²) in [4.78, 5) is 12.2. The average Bonchev–Trinajstić information content (AvgIpc) is 2.90. The number of rotatable bonds is 9. The Morgan fingerprint density at radius 3 is 2.14 bits per heavy atom. The van der Waals surface area contributed by atoms with Gasteiger partial charge >= 0.3 is 10.1 Å². The minimum atomic E-state index is -4.09. The van der Waals surface area contributed by atoms with E-state index < -0.39 is 21.8 Å². The molecule has 0 saturated heterocycles. The Balaban J connectivity index is 1.28. The first-order valence-corrected chi connectivity index (χ1v) is 13.1. The lowest BCUT2D eigenvalue weighted by Gasteiger charge is -2.07. The molecule has 0 unspecified atom stereocenters. The highest BCUT2D eigenvalue weighted by molar-refractivity contribution is 9.10. The van der Waals surface area contributed by atoms with E-state index in [-0.39, 0.29) is 10.6 Å². The van der Waals surface area contributed by atoms with E-state index in [1.807, 2.05) is 24.3 Å². The minimum absolute atomic E-state index is 0.0768. The fraction of sp³-hybridized carbons (Fsp3) is 0.0370. The van der Waals surface area contributed by atoms with Gasteiger partial charge in [-0.05, 0) is 96.1 Å². The van der Waals surface area contributed by atoms with Crippen LogP contribution in [0.15, 0.2) is 112 Å². The molecule has 0 aliphatic heterocycles. The normalized spacial score (nSPS) is 11.3. The molecule has 4 aromatic carbocycles. The highest BCUT2D eigenvalue weighted by Gasteiger charge is 2.16. The van der Waals surface area contributed by atoms with E-state index in [1.165, 1.54) is 18.3 Å². The van der Waals surface area contributed by atoms with E-state index in [0.29, 0.717) is 23.5 Å². The van der Waals surface area contributed by atoms with Gasteiger partial charge in [-0.2, -0.15) is 13.5 Å². The number of hydrazone groups is 1. The molecular weight excluding hydrogens is 563 g/mol. The zero-order chi connectivity index (χ0) is 26.3. The van der Waals surface area contributed by atoms with Crippen molar-refractivity contribution >= 4 is 38.2 Å². The Kier molecular flexibility index (Phi) is 8.32. The third-order valence-electron chi connectivity index (χ3n) is 5.00. The zero-order valence-corrected chi connectivity index (χ0v) is 21.6. The second kappa shape index (κ2) is 11.8. The van der Waals surface area contributed by atoms with Crippen LogP contribution in [0, 0.1) is 5.82 Å². The number of carbonyl (C=O) groups excluding carboxylic acids is 1. The van der Waals surface area contributed by atoms with Crippen molar-refractivity contribution in [3.63, 3.8) is 0 Å². The van der Waals surface area contributed by atoms with Crippen molar-refractivity contribution < 1.29 is 26.5 Å². The number of amides is 1. The number of carbonyl (C=O) groups is 1. The van der Waals surface area contributed by atoms with Gasteiger partial charge in [0.15, 0.2) is 0 Å². The molecule has 1 N–H and O–H groups in total. The SMILES string of the molecule is O=C(N/N=C\c1ccc(OS(=O)(=O)c2ccc(F)cc2)cc1)c1ccc(OCc2ccc(Br)cc2)cc1. The summed E-state index contributed by atoms with van der Waals surface area (Å²) in [6.45, 7) is 0.408. The maximum atomic E-state index is 13.0. The quantitative estimate of drug-likeness (QED) is 0.155. The van der Waals surface area contributed by atoms with Crippen LogP contribution in [0.1, 0.15) is 21.5 Å². The van der Waals surface area contributed by atoms with Crippen molar-refractivity contribution in [2.45, 2.75) is 11.5 Å². The van der Waals surface area contributed by atoms with Gasteiger partial charge < -0.3 is 8.92 Å². The van der Waals surface area contributed by atoms with Gasteiger partial charge in [-0.15, -0.1) is 0 Å². The standard InChI is InChI=1S/C27H20BrFN2O5S/c28-22-7-1-20(2-8-22)18-35-24-13-5-21(6-14-24)27(32)31-30-17-19-3-11-25(12-4-19)36-37(33,34)26-15-9-23(29)10-16-26/h1-17H,18H2,(H,31,32)/b30-17-. The van der Waals surface area contributed by atoms with Gasteiger partial charge in [0.25, 0.3) is 5.91 Å². The number of benzene rings is 4. The number of ether oxygens (including phenoxy) is 1. The molecule has 0 radical (unpaired) electrons. The summed E-state index contributed by atoms with van der Waals surface area (Å²) in [6.07, 6.45) is 1.41. The Hall–Kier alpha value is -4.02. The summed E-state index contributed by atoms with van der Waals surface area (Å²) < 4.78 is 49.4. The summed E-state index contributed by atoms with van der Waals surface area (Å²) in [6, 6.07) is 24.8. The lowest BCUT2D eigenvalue weighted by molar-refractivity contribution is 0.0955. The predicted octanol–water partition coefficient (Wildman–Crippen LogP) is 5.70. The highest BCUT2D eigenvalue weighted by atomic mass is 79.9. The van der Waals surface area contributed by atoms with Gasteiger partial charge in [0.2, 0.25) is 0 Å². The first-order chi connectivity index (χ1) is 17.8. The second-order valence-corrected chi connectivity index (χ2v) is 10.2. The number of halogens is 2. The fourth-order valence-electron chi connectivity index (χ4n) is 3.07. The number of nitrogens with one attached hydrogen (secondary N) is 1. The van der Waals surface area contributed by atoms with Gasteiger partial charge in [0.05, 0.1) is 6.21 Å². The molecule has 188 valence electrons. The molecule has 4 rings (SSSR count). The third kappa shape index (κ3) is 7.48. The highest BCUT2D eigenvalue weighted by Crippen LogP contribution is 2.19. The molecule has 0 aliphatic carbocycles. The van der Waals surface area contributed by atoms with E-state index >= 15 is 0 Å². The van der Waals surface area contributed by atoms with Crippen LogP contribution in [0.2, 0.25) is 0 Å². The van der Waals surface area contributed by atoms with Crippen LogP contribution in [0.5, 0.6) is 11.5 Å². The summed E-state index contributed by atoms with van der Waals surface area (Å²) in [5, 5.41) is 3.93. The summed E-state index contributed by atoms with van der Waals surface area (Å²) in [7, 11) is -4.09. The van der Waals surface area contributed by atoms with E-state index in [2.05, 4.69) is 26.5 Å². The molecule has 0 fully saturated rings. The van der Waals surface area contributed by atoms with Crippen molar-refractivity contribution in [1.29, 1.82) is 0 Å². The molecule has 0 heterocycles. The lowest BCUT2D eigenvalue weighted by Crippen LogP contribution is -2.17. The molecule has 0 aliphatic rings. The van der Waals surface area contributed by atoms with Crippen LogP contribution in [-0.4, -0.2) is 20.5 Å².